The van der Waals surface area contributed by atoms with Gasteiger partial charge in [-0.2, -0.15) is 0 Å². The molecule has 0 saturated heterocycles. The van der Waals surface area contributed by atoms with Gasteiger partial charge < -0.3 is 25.5 Å². The van der Waals surface area contributed by atoms with E-state index in [4.69, 9.17) is 32.6 Å². The molecular formula is C20H22ClN7O4S. The van der Waals surface area contributed by atoms with Gasteiger partial charge in [-0.3, -0.25) is 5.41 Å². The molecule has 0 fully saturated rings. The summed E-state index contributed by atoms with van der Waals surface area (Å²) in [6.45, 7) is 0.145. The van der Waals surface area contributed by atoms with Gasteiger partial charge in [0.2, 0.25) is 10.0 Å². The molecule has 0 unspecified atom stereocenters. The zero-order chi connectivity index (χ0) is 23.6. The number of nitrogens with one attached hydrogen (secondary N) is 4. The third-order valence-electron chi connectivity index (χ3n) is 4.81. The van der Waals surface area contributed by atoms with Gasteiger partial charge in [-0.25, -0.2) is 23.1 Å². The molecule has 4 aromatic rings. The molecule has 0 amide bonds. The van der Waals surface area contributed by atoms with Gasteiger partial charge in [-0.05, 0) is 30.3 Å². The number of aliphatic hydroxyl groups is 1. The number of aliphatic hydroxyl groups excluding tert-OH is 1. The Hall–Kier alpha value is -3.03. The van der Waals surface area contributed by atoms with Gasteiger partial charge in [0.05, 0.1) is 42.8 Å². The van der Waals surface area contributed by atoms with Crippen LogP contribution in [0.25, 0.3) is 22.1 Å². The van der Waals surface area contributed by atoms with Gasteiger partial charge in [0.15, 0.2) is 0 Å². The van der Waals surface area contributed by atoms with Gasteiger partial charge in [0.1, 0.15) is 27.9 Å². The van der Waals surface area contributed by atoms with E-state index in [0.29, 0.717) is 28.2 Å². The van der Waals surface area contributed by atoms with Crippen LogP contribution in [0.2, 0.25) is 5.02 Å². The fourth-order valence-corrected chi connectivity index (χ4v) is 4.84. The van der Waals surface area contributed by atoms with Crippen LogP contribution in [0.15, 0.2) is 35.2 Å². The predicted octanol–water partition coefficient (Wildman–Crippen LogP) is 1.25. The zero-order valence-electron chi connectivity index (χ0n) is 17.4. The number of aromatic nitrogens is 4. The number of fused-ring (bicyclic) bond motifs is 2. The highest BCUT2D eigenvalue weighted by Crippen LogP contribution is 2.26. The lowest BCUT2D eigenvalue weighted by molar-refractivity contribution is 0.0961. The third-order valence-corrected chi connectivity index (χ3v) is 6.50. The van der Waals surface area contributed by atoms with Crippen LogP contribution in [0.5, 0.6) is 0 Å². The van der Waals surface area contributed by atoms with Crippen LogP contribution in [0.4, 0.5) is 0 Å². The molecule has 0 bridgehead atoms. The first-order valence-corrected chi connectivity index (χ1v) is 11.8. The van der Waals surface area contributed by atoms with Crippen LogP contribution in [0, 0.1) is 5.41 Å². The lowest BCUT2D eigenvalue weighted by atomic mass is 10.2. The summed E-state index contributed by atoms with van der Waals surface area (Å²) < 4.78 is 33.2. The Labute approximate surface area is 193 Å². The average molecular weight is 492 g/mol. The van der Waals surface area contributed by atoms with Gasteiger partial charge in [0, 0.05) is 17.1 Å². The Morgan fingerprint density at radius 3 is 2.67 bits per heavy atom. The molecule has 11 nitrogen and oxygen atoms in total. The molecule has 2 aromatic heterocycles. The van der Waals surface area contributed by atoms with Crippen molar-refractivity contribution < 1.29 is 18.3 Å². The van der Waals surface area contributed by atoms with E-state index in [1.807, 2.05) is 0 Å². The number of aromatic amines is 2. The standard InChI is InChI=1S/C20H22ClN7O4S/c21-12-8-15-19(16(9-12)33(30,31)24-3-5-32-6-4-29)28-18(27-15)10-17-25-13-2-1-11(20(22)23)7-14(13)26-17/h1-2,7-9,24,29H,3-6,10H2,(H3,22,23)(H,25,26)(H,27,28). The predicted molar refractivity (Wildman–Crippen MR) is 124 cm³/mol. The number of rotatable bonds is 10. The average Bonchev–Trinajstić information content (AvgIpc) is 3.34. The van der Waals surface area contributed by atoms with E-state index in [-0.39, 0.29) is 54.1 Å². The number of nitrogens with zero attached hydrogens (tertiary/aromatic N) is 2. The van der Waals surface area contributed by atoms with E-state index < -0.39 is 10.0 Å². The maximum atomic E-state index is 12.8. The summed E-state index contributed by atoms with van der Waals surface area (Å²) in [6, 6.07) is 8.19. The quantitative estimate of drug-likeness (QED) is 0.109. The Morgan fingerprint density at radius 1 is 1.15 bits per heavy atom. The van der Waals surface area contributed by atoms with Crippen LogP contribution in [-0.2, 0) is 21.2 Å². The number of H-pyrrole nitrogens is 2. The van der Waals surface area contributed by atoms with Crippen molar-refractivity contribution in [3.63, 3.8) is 0 Å². The summed E-state index contributed by atoms with van der Waals surface area (Å²) in [6.07, 6.45) is 0.290. The Balaban J connectivity index is 1.60. The van der Waals surface area contributed by atoms with Crippen LogP contribution in [0.3, 0.4) is 0 Å². The summed E-state index contributed by atoms with van der Waals surface area (Å²) >= 11 is 6.16. The molecule has 0 radical (unpaired) electrons. The summed E-state index contributed by atoms with van der Waals surface area (Å²) in [7, 11) is -3.90. The molecule has 7 N–H and O–H groups in total. The lowest BCUT2D eigenvalue weighted by Crippen LogP contribution is -2.28. The van der Waals surface area contributed by atoms with Crippen LogP contribution in [0.1, 0.15) is 17.2 Å². The van der Waals surface area contributed by atoms with Crippen molar-refractivity contribution in [2.24, 2.45) is 5.73 Å². The van der Waals surface area contributed by atoms with Gasteiger partial charge in [-0.1, -0.05) is 11.6 Å². The number of halogens is 1. The molecule has 0 saturated carbocycles. The minimum absolute atomic E-state index is 0.0366. The van der Waals surface area contributed by atoms with E-state index in [0.717, 1.165) is 5.52 Å². The molecule has 0 spiro atoms. The largest absolute Gasteiger partial charge is 0.394 e. The first kappa shape index (κ1) is 23.1. The molecule has 33 heavy (non-hydrogen) atoms. The molecule has 2 heterocycles. The number of ether oxygens (including phenoxy) is 1. The molecule has 174 valence electrons. The second-order valence-electron chi connectivity index (χ2n) is 7.22. The minimum Gasteiger partial charge on any atom is -0.394 e. The number of sulfonamides is 1. The number of hydrogen-bond donors (Lipinski definition) is 6. The number of nitrogens with two attached hydrogens (primary N) is 1. The van der Waals surface area contributed by atoms with Crippen molar-refractivity contribution >= 4 is 49.5 Å². The zero-order valence-corrected chi connectivity index (χ0v) is 18.9. The molecule has 0 aliphatic rings. The second kappa shape index (κ2) is 9.45. The second-order valence-corrected chi connectivity index (χ2v) is 9.40. The Bertz CT molecular complexity index is 1430. The van der Waals surface area contributed by atoms with Crippen molar-refractivity contribution in [3.8, 4) is 0 Å². The highest BCUT2D eigenvalue weighted by Gasteiger charge is 2.21. The molecule has 0 aliphatic carbocycles. The third kappa shape index (κ3) is 5.15. The normalized spacial score (nSPS) is 12.1. The maximum Gasteiger partial charge on any atom is 0.242 e. The first-order valence-electron chi connectivity index (χ1n) is 9.96. The molecule has 2 aromatic carbocycles. The molecular weight excluding hydrogens is 470 g/mol. The fourth-order valence-electron chi connectivity index (χ4n) is 3.35. The Morgan fingerprint density at radius 2 is 1.91 bits per heavy atom. The summed E-state index contributed by atoms with van der Waals surface area (Å²) in [4.78, 5) is 15.2. The van der Waals surface area contributed by atoms with E-state index in [1.54, 1.807) is 24.3 Å². The molecule has 4 rings (SSSR count). The first-order chi connectivity index (χ1) is 15.8. The van der Waals surface area contributed by atoms with Crippen LogP contribution >= 0.6 is 11.6 Å². The van der Waals surface area contributed by atoms with Crippen LogP contribution in [-0.4, -0.2) is 65.7 Å². The smallest absolute Gasteiger partial charge is 0.242 e. The van der Waals surface area contributed by atoms with Crippen LogP contribution < -0.4 is 10.5 Å². The monoisotopic (exact) mass is 491 g/mol. The van der Waals surface area contributed by atoms with Gasteiger partial charge >= 0.3 is 0 Å². The van der Waals surface area contributed by atoms with E-state index in [2.05, 4.69) is 24.7 Å². The number of benzene rings is 2. The molecule has 0 aliphatic heterocycles. The van der Waals surface area contributed by atoms with Crippen molar-refractivity contribution in [2.45, 2.75) is 11.3 Å². The summed E-state index contributed by atoms with van der Waals surface area (Å²) in [5.74, 6) is 1.07. The molecule has 0 atom stereocenters. The number of imidazole rings is 2. The van der Waals surface area contributed by atoms with Crippen molar-refractivity contribution in [1.29, 1.82) is 5.41 Å². The van der Waals surface area contributed by atoms with E-state index >= 15 is 0 Å². The van der Waals surface area contributed by atoms with E-state index in [1.165, 1.54) is 6.07 Å². The number of hydrogen-bond acceptors (Lipinski definition) is 7. The van der Waals surface area contributed by atoms with Crippen molar-refractivity contribution in [1.82, 2.24) is 24.7 Å². The van der Waals surface area contributed by atoms with Crippen molar-refractivity contribution in [2.75, 3.05) is 26.4 Å². The topological polar surface area (TPSA) is 183 Å². The van der Waals surface area contributed by atoms with Crippen molar-refractivity contribution in [3.05, 3.63) is 52.6 Å². The van der Waals surface area contributed by atoms with Gasteiger partial charge in [0.25, 0.3) is 0 Å². The highest BCUT2D eigenvalue weighted by molar-refractivity contribution is 7.89. The van der Waals surface area contributed by atoms with Gasteiger partial charge in [-0.15, -0.1) is 0 Å². The molecule has 13 heteroatoms. The number of amidine groups is 1. The lowest BCUT2D eigenvalue weighted by Gasteiger charge is -2.08. The number of nitrogen functional groups attached to an aromatic ring is 1. The minimum atomic E-state index is -3.90. The van der Waals surface area contributed by atoms with E-state index in [9.17, 15) is 8.42 Å². The Kier molecular flexibility index (Phi) is 6.63. The fraction of sp³-hybridized carbons (Fsp3) is 0.250. The SMILES string of the molecule is N=C(N)c1ccc2[nH]c(Cc3nc4c(S(=O)(=O)NCCOCCO)cc(Cl)cc4[nH]3)nc2c1. The maximum absolute atomic E-state index is 12.8. The highest BCUT2D eigenvalue weighted by atomic mass is 35.5. The summed E-state index contributed by atoms with van der Waals surface area (Å²) in [5, 5.41) is 16.5. The summed E-state index contributed by atoms with van der Waals surface area (Å²) in [5.41, 5.74) is 8.29.